The van der Waals surface area contributed by atoms with Crippen LogP contribution in [0.4, 0.5) is 5.69 Å². The molecule has 0 bridgehead atoms. The molecule has 0 aromatic heterocycles. The summed E-state index contributed by atoms with van der Waals surface area (Å²) in [4.78, 5) is 27.0. The van der Waals surface area contributed by atoms with Gasteiger partial charge in [0, 0.05) is 50.4 Å². The fraction of sp³-hybridized carbons (Fsp3) is 0.300. The first-order chi connectivity index (χ1) is 13.1. The molecule has 1 aliphatic heterocycles. The Morgan fingerprint density at radius 1 is 1.04 bits per heavy atom. The number of hydrogen-bond acceptors (Lipinski definition) is 5. The van der Waals surface area contributed by atoms with E-state index in [1.807, 2.05) is 24.3 Å². The first-order valence-electron chi connectivity index (χ1n) is 8.82. The van der Waals surface area contributed by atoms with E-state index in [2.05, 4.69) is 11.0 Å². The van der Waals surface area contributed by atoms with Crippen LogP contribution in [0.25, 0.3) is 0 Å². The molecule has 1 saturated heterocycles. The molecule has 2 aromatic carbocycles. The van der Waals surface area contributed by atoms with Gasteiger partial charge < -0.3 is 4.90 Å². The van der Waals surface area contributed by atoms with Crippen molar-refractivity contribution in [3.8, 4) is 6.07 Å². The second-order valence-electron chi connectivity index (χ2n) is 6.53. The maximum Gasteiger partial charge on any atom is 0.269 e. The van der Waals surface area contributed by atoms with Crippen LogP contribution in [-0.2, 0) is 6.54 Å². The van der Waals surface area contributed by atoms with Crippen molar-refractivity contribution < 1.29 is 9.72 Å². The molecule has 0 aliphatic carbocycles. The summed E-state index contributed by atoms with van der Waals surface area (Å²) >= 11 is 0. The summed E-state index contributed by atoms with van der Waals surface area (Å²) in [6.07, 6.45) is 0.870. The van der Waals surface area contributed by atoms with Crippen LogP contribution in [0.5, 0.6) is 0 Å². The molecule has 0 N–H and O–H groups in total. The van der Waals surface area contributed by atoms with Gasteiger partial charge in [0.25, 0.3) is 11.6 Å². The summed E-state index contributed by atoms with van der Waals surface area (Å²) < 4.78 is 0. The summed E-state index contributed by atoms with van der Waals surface area (Å²) in [5.74, 6) is -0.0925. The zero-order valence-electron chi connectivity index (χ0n) is 14.9. The van der Waals surface area contributed by atoms with Crippen LogP contribution in [0.2, 0.25) is 0 Å². The third-order valence-electron chi connectivity index (χ3n) is 4.69. The molecule has 138 valence electrons. The number of non-ortho nitro benzene ring substituents is 1. The number of nitro benzene ring substituents is 1. The summed E-state index contributed by atoms with van der Waals surface area (Å²) in [5.41, 5.74) is 2.25. The highest BCUT2D eigenvalue weighted by atomic mass is 16.6. The SMILES string of the molecule is N#Cc1ccc(CN2CCCN(C(=O)c3ccc([N+](=O)[O-])cc3)CC2)cc1. The molecular formula is C20H20N4O3. The molecule has 0 radical (unpaired) electrons. The van der Waals surface area contributed by atoms with Crippen molar-refractivity contribution in [2.24, 2.45) is 0 Å². The molecule has 1 aliphatic rings. The van der Waals surface area contributed by atoms with Gasteiger partial charge in [0.2, 0.25) is 0 Å². The number of nitrogens with zero attached hydrogens (tertiary/aromatic N) is 4. The number of amides is 1. The highest BCUT2D eigenvalue weighted by Crippen LogP contribution is 2.16. The number of carbonyl (C=O) groups is 1. The van der Waals surface area contributed by atoms with Crippen LogP contribution in [0.3, 0.4) is 0 Å². The summed E-state index contributed by atoms with van der Waals surface area (Å²) in [6.45, 7) is 3.72. The Kier molecular flexibility index (Phi) is 5.79. The van der Waals surface area contributed by atoms with E-state index in [0.717, 1.165) is 31.6 Å². The van der Waals surface area contributed by atoms with Gasteiger partial charge in [-0.15, -0.1) is 0 Å². The minimum absolute atomic E-state index is 0.0176. The number of nitriles is 1. The van der Waals surface area contributed by atoms with E-state index in [4.69, 9.17) is 5.26 Å². The first-order valence-corrected chi connectivity index (χ1v) is 8.82. The van der Waals surface area contributed by atoms with E-state index in [0.29, 0.717) is 24.2 Å². The third kappa shape index (κ3) is 4.68. The zero-order valence-corrected chi connectivity index (χ0v) is 14.9. The molecule has 7 heteroatoms. The van der Waals surface area contributed by atoms with E-state index in [1.165, 1.54) is 24.3 Å². The Morgan fingerprint density at radius 2 is 1.74 bits per heavy atom. The van der Waals surface area contributed by atoms with Crippen LogP contribution < -0.4 is 0 Å². The number of hydrogen-bond donors (Lipinski definition) is 0. The van der Waals surface area contributed by atoms with Crippen molar-refractivity contribution in [1.82, 2.24) is 9.80 Å². The van der Waals surface area contributed by atoms with E-state index in [1.54, 1.807) is 4.90 Å². The van der Waals surface area contributed by atoms with Gasteiger partial charge in [0.1, 0.15) is 0 Å². The van der Waals surface area contributed by atoms with E-state index in [9.17, 15) is 14.9 Å². The van der Waals surface area contributed by atoms with Crippen molar-refractivity contribution in [3.63, 3.8) is 0 Å². The van der Waals surface area contributed by atoms with Crippen LogP contribution >= 0.6 is 0 Å². The van der Waals surface area contributed by atoms with Crippen molar-refractivity contribution in [1.29, 1.82) is 5.26 Å². The Morgan fingerprint density at radius 3 is 2.37 bits per heavy atom. The molecule has 1 heterocycles. The first kappa shape index (κ1) is 18.5. The fourth-order valence-electron chi connectivity index (χ4n) is 3.18. The average Bonchev–Trinajstić information content (AvgIpc) is 2.93. The Labute approximate surface area is 157 Å². The number of rotatable bonds is 4. The quantitative estimate of drug-likeness (QED) is 0.615. The van der Waals surface area contributed by atoms with E-state index >= 15 is 0 Å². The summed E-state index contributed by atoms with van der Waals surface area (Å²) in [5, 5.41) is 19.6. The lowest BCUT2D eigenvalue weighted by Gasteiger charge is -2.22. The van der Waals surface area contributed by atoms with Gasteiger partial charge in [-0.3, -0.25) is 19.8 Å². The van der Waals surface area contributed by atoms with Gasteiger partial charge in [-0.05, 0) is 36.2 Å². The molecule has 27 heavy (non-hydrogen) atoms. The number of nitro groups is 1. The maximum atomic E-state index is 12.7. The lowest BCUT2D eigenvalue weighted by atomic mass is 10.1. The van der Waals surface area contributed by atoms with E-state index in [-0.39, 0.29) is 11.6 Å². The van der Waals surface area contributed by atoms with Crippen molar-refractivity contribution in [2.75, 3.05) is 26.2 Å². The molecule has 0 spiro atoms. The highest BCUT2D eigenvalue weighted by molar-refractivity contribution is 5.94. The molecule has 0 atom stereocenters. The predicted molar refractivity (Wildman–Crippen MR) is 100 cm³/mol. The maximum absolute atomic E-state index is 12.7. The molecule has 1 amide bonds. The Bertz CT molecular complexity index is 856. The van der Waals surface area contributed by atoms with Crippen LogP contribution in [0.15, 0.2) is 48.5 Å². The van der Waals surface area contributed by atoms with Crippen LogP contribution in [0, 0.1) is 21.4 Å². The molecule has 2 aromatic rings. The fourth-order valence-corrected chi connectivity index (χ4v) is 3.18. The summed E-state index contributed by atoms with van der Waals surface area (Å²) in [6, 6.07) is 15.4. The van der Waals surface area contributed by atoms with Crippen molar-refractivity contribution >= 4 is 11.6 Å². The average molecular weight is 364 g/mol. The Hall–Kier alpha value is -3.24. The molecule has 3 rings (SSSR count). The summed E-state index contributed by atoms with van der Waals surface area (Å²) in [7, 11) is 0. The van der Waals surface area contributed by atoms with Crippen molar-refractivity contribution in [2.45, 2.75) is 13.0 Å². The van der Waals surface area contributed by atoms with Gasteiger partial charge in [0.15, 0.2) is 0 Å². The van der Waals surface area contributed by atoms with Gasteiger partial charge in [-0.25, -0.2) is 0 Å². The second-order valence-corrected chi connectivity index (χ2v) is 6.53. The lowest BCUT2D eigenvalue weighted by Crippen LogP contribution is -2.35. The van der Waals surface area contributed by atoms with Gasteiger partial charge in [-0.2, -0.15) is 5.26 Å². The molecule has 7 nitrogen and oxygen atoms in total. The third-order valence-corrected chi connectivity index (χ3v) is 4.69. The normalized spacial score (nSPS) is 15.0. The van der Waals surface area contributed by atoms with Gasteiger partial charge in [-0.1, -0.05) is 12.1 Å². The second kappa shape index (κ2) is 8.43. The minimum Gasteiger partial charge on any atom is -0.337 e. The molecule has 0 saturated carbocycles. The largest absolute Gasteiger partial charge is 0.337 e. The zero-order chi connectivity index (χ0) is 19.2. The standard InChI is InChI=1S/C20H20N4O3/c21-14-16-2-4-17(5-3-16)15-22-10-1-11-23(13-12-22)20(25)18-6-8-19(9-7-18)24(26)27/h2-9H,1,10-13,15H2. The smallest absolute Gasteiger partial charge is 0.269 e. The van der Waals surface area contributed by atoms with Crippen molar-refractivity contribution in [3.05, 3.63) is 75.3 Å². The lowest BCUT2D eigenvalue weighted by molar-refractivity contribution is -0.384. The Balaban J connectivity index is 1.59. The van der Waals surface area contributed by atoms with Crippen LogP contribution in [-0.4, -0.2) is 46.8 Å². The monoisotopic (exact) mass is 364 g/mol. The number of benzene rings is 2. The molecular weight excluding hydrogens is 344 g/mol. The molecule has 0 unspecified atom stereocenters. The topological polar surface area (TPSA) is 90.5 Å². The van der Waals surface area contributed by atoms with Gasteiger partial charge >= 0.3 is 0 Å². The highest BCUT2D eigenvalue weighted by Gasteiger charge is 2.21. The molecule has 1 fully saturated rings. The van der Waals surface area contributed by atoms with Gasteiger partial charge in [0.05, 0.1) is 16.6 Å². The minimum atomic E-state index is -0.471. The van der Waals surface area contributed by atoms with E-state index < -0.39 is 4.92 Å². The van der Waals surface area contributed by atoms with Crippen LogP contribution in [0.1, 0.15) is 27.9 Å². The predicted octanol–water partition coefficient (Wildman–Crippen LogP) is 2.81. The number of carbonyl (C=O) groups excluding carboxylic acids is 1.